The van der Waals surface area contributed by atoms with Gasteiger partial charge in [0.1, 0.15) is 16.5 Å². The maximum Gasteiger partial charge on any atom is 0.264 e. The molecule has 3 heterocycles. The molecular formula is C22H25FN4OS. The summed E-state index contributed by atoms with van der Waals surface area (Å²) >= 11 is 1.48. The predicted octanol–water partition coefficient (Wildman–Crippen LogP) is 4.73. The normalized spacial score (nSPS) is 15.1. The molecule has 0 aliphatic carbocycles. The zero-order valence-corrected chi connectivity index (χ0v) is 17.8. The molecule has 0 unspecified atom stereocenters. The first kappa shape index (κ1) is 19.8. The van der Waals surface area contributed by atoms with Crippen LogP contribution < -0.4 is 5.32 Å². The van der Waals surface area contributed by atoms with Crippen molar-refractivity contribution in [1.82, 2.24) is 14.9 Å². The Kier molecular flexibility index (Phi) is 5.50. The number of fused-ring (bicyclic) bond motifs is 1. The smallest absolute Gasteiger partial charge is 0.264 e. The number of aromatic nitrogens is 2. The molecule has 4 rings (SSSR count). The average Bonchev–Trinajstić information content (AvgIpc) is 3.06. The van der Waals surface area contributed by atoms with Crippen LogP contribution in [0.4, 0.5) is 10.1 Å². The van der Waals surface area contributed by atoms with Gasteiger partial charge in [-0.2, -0.15) is 0 Å². The Morgan fingerprint density at radius 2 is 1.90 bits per heavy atom. The predicted molar refractivity (Wildman–Crippen MR) is 115 cm³/mol. The number of nitrogens with one attached hydrogen (secondary N) is 1. The molecule has 1 aliphatic heterocycles. The van der Waals surface area contributed by atoms with Crippen LogP contribution in [0.15, 0.2) is 24.3 Å². The number of carbonyl (C=O) groups excluding carboxylic acids is 1. The molecule has 1 aliphatic rings. The molecule has 3 aromatic rings. The molecule has 1 amide bonds. The summed E-state index contributed by atoms with van der Waals surface area (Å²) in [5.74, 6) is 0.673. The largest absolute Gasteiger partial charge is 0.382 e. The number of hydrogen-bond donors (Lipinski definition) is 1. The second kappa shape index (κ2) is 8.06. The number of benzene rings is 1. The summed E-state index contributed by atoms with van der Waals surface area (Å²) in [6.07, 6.45) is 2.52. The van der Waals surface area contributed by atoms with Gasteiger partial charge in [0.05, 0.1) is 4.88 Å². The second-order valence-electron chi connectivity index (χ2n) is 7.53. The highest BCUT2D eigenvalue weighted by molar-refractivity contribution is 7.20. The molecule has 2 aromatic heterocycles. The quantitative estimate of drug-likeness (QED) is 0.673. The molecular weight excluding hydrogens is 387 g/mol. The Labute approximate surface area is 174 Å². The molecule has 152 valence electrons. The van der Waals surface area contributed by atoms with E-state index >= 15 is 0 Å². The Hall–Kier alpha value is -2.54. The van der Waals surface area contributed by atoms with E-state index in [2.05, 4.69) is 15.3 Å². The van der Waals surface area contributed by atoms with Crippen molar-refractivity contribution >= 4 is 33.1 Å². The number of anilines is 1. The molecule has 0 spiro atoms. The van der Waals surface area contributed by atoms with E-state index in [0.29, 0.717) is 13.1 Å². The number of nitrogens with zero attached hydrogens (tertiary/aromatic N) is 3. The lowest BCUT2D eigenvalue weighted by atomic mass is 10.0. The lowest BCUT2D eigenvalue weighted by Gasteiger charge is -2.32. The van der Waals surface area contributed by atoms with Crippen LogP contribution in [0.5, 0.6) is 0 Å². The van der Waals surface area contributed by atoms with Gasteiger partial charge in [0.15, 0.2) is 0 Å². The molecule has 1 fully saturated rings. The number of piperidine rings is 1. The maximum absolute atomic E-state index is 13.2. The van der Waals surface area contributed by atoms with Gasteiger partial charge < -0.3 is 10.2 Å². The van der Waals surface area contributed by atoms with Crippen molar-refractivity contribution < 1.29 is 9.18 Å². The molecule has 29 heavy (non-hydrogen) atoms. The SMILES string of the molecule is CCc1nc(C)c2c(C)c(C(=O)N3CCC(Nc4ccc(F)cc4)CC3)sc2n1. The van der Waals surface area contributed by atoms with E-state index in [-0.39, 0.29) is 17.8 Å². The number of likely N-dealkylation sites (tertiary alicyclic amines) is 1. The zero-order chi connectivity index (χ0) is 20.5. The summed E-state index contributed by atoms with van der Waals surface area (Å²) < 4.78 is 13.1. The standard InChI is InChI=1S/C22H25FN4OS/c1-4-18-24-14(3)19-13(2)20(29-21(19)26-18)22(28)27-11-9-17(10-12-27)25-16-7-5-15(23)6-8-16/h5-8,17,25H,4,9-12H2,1-3H3. The third-order valence-corrected chi connectivity index (χ3v) is 6.70. The monoisotopic (exact) mass is 412 g/mol. The van der Waals surface area contributed by atoms with Crippen molar-refractivity contribution in [2.75, 3.05) is 18.4 Å². The van der Waals surface area contributed by atoms with Crippen LogP contribution in [0.1, 0.15) is 46.5 Å². The van der Waals surface area contributed by atoms with E-state index in [4.69, 9.17) is 0 Å². The van der Waals surface area contributed by atoms with E-state index in [1.807, 2.05) is 25.7 Å². The molecule has 7 heteroatoms. The van der Waals surface area contributed by atoms with Crippen LogP contribution in [-0.2, 0) is 6.42 Å². The summed E-state index contributed by atoms with van der Waals surface area (Å²) in [6, 6.07) is 6.70. The second-order valence-corrected chi connectivity index (χ2v) is 8.53. The van der Waals surface area contributed by atoms with E-state index in [1.54, 1.807) is 12.1 Å². The van der Waals surface area contributed by atoms with Crippen LogP contribution in [0.3, 0.4) is 0 Å². The molecule has 1 N–H and O–H groups in total. The first-order valence-corrected chi connectivity index (χ1v) is 10.9. The number of carbonyl (C=O) groups is 1. The molecule has 0 radical (unpaired) electrons. The summed E-state index contributed by atoms with van der Waals surface area (Å²) in [5.41, 5.74) is 2.85. The van der Waals surface area contributed by atoms with Gasteiger partial charge in [-0.3, -0.25) is 4.79 Å². The van der Waals surface area contributed by atoms with Crippen LogP contribution in [0.2, 0.25) is 0 Å². The van der Waals surface area contributed by atoms with Crippen LogP contribution in [-0.4, -0.2) is 39.9 Å². The fourth-order valence-electron chi connectivity index (χ4n) is 3.91. The summed E-state index contributed by atoms with van der Waals surface area (Å²) in [6.45, 7) is 7.43. The Morgan fingerprint density at radius 3 is 2.55 bits per heavy atom. The van der Waals surface area contributed by atoms with E-state index in [9.17, 15) is 9.18 Å². The lowest BCUT2D eigenvalue weighted by Crippen LogP contribution is -2.42. The van der Waals surface area contributed by atoms with Crippen LogP contribution >= 0.6 is 11.3 Å². The number of halogens is 1. The highest BCUT2D eigenvalue weighted by Gasteiger charge is 2.27. The van der Waals surface area contributed by atoms with E-state index in [1.165, 1.54) is 23.5 Å². The lowest BCUT2D eigenvalue weighted by molar-refractivity contribution is 0.0723. The van der Waals surface area contributed by atoms with Gasteiger partial charge in [-0.05, 0) is 56.5 Å². The van der Waals surface area contributed by atoms with E-state index in [0.717, 1.165) is 57.1 Å². The van der Waals surface area contributed by atoms with Gasteiger partial charge in [0, 0.05) is 42.3 Å². The minimum atomic E-state index is -0.236. The molecule has 5 nitrogen and oxygen atoms in total. The van der Waals surface area contributed by atoms with Crippen molar-refractivity contribution in [2.45, 2.75) is 46.1 Å². The van der Waals surface area contributed by atoms with Crippen molar-refractivity contribution in [3.63, 3.8) is 0 Å². The number of amides is 1. The van der Waals surface area contributed by atoms with Gasteiger partial charge in [0.25, 0.3) is 5.91 Å². The van der Waals surface area contributed by atoms with Gasteiger partial charge >= 0.3 is 0 Å². The van der Waals surface area contributed by atoms with Crippen molar-refractivity contribution in [3.8, 4) is 0 Å². The van der Waals surface area contributed by atoms with Gasteiger partial charge in [-0.15, -0.1) is 11.3 Å². The van der Waals surface area contributed by atoms with Crippen molar-refractivity contribution in [3.05, 3.63) is 52.0 Å². The van der Waals surface area contributed by atoms with Crippen LogP contribution in [0.25, 0.3) is 10.2 Å². The van der Waals surface area contributed by atoms with Crippen molar-refractivity contribution in [1.29, 1.82) is 0 Å². The molecule has 0 atom stereocenters. The third kappa shape index (κ3) is 3.96. The average molecular weight is 413 g/mol. The Morgan fingerprint density at radius 1 is 1.21 bits per heavy atom. The summed E-state index contributed by atoms with van der Waals surface area (Å²) in [7, 11) is 0. The maximum atomic E-state index is 13.2. The fraction of sp³-hybridized carbons (Fsp3) is 0.409. The highest BCUT2D eigenvalue weighted by atomic mass is 32.1. The Balaban J connectivity index is 1.46. The van der Waals surface area contributed by atoms with Crippen molar-refractivity contribution in [2.24, 2.45) is 0 Å². The number of thiophene rings is 1. The topological polar surface area (TPSA) is 58.1 Å². The fourth-order valence-corrected chi connectivity index (χ4v) is 5.13. The summed E-state index contributed by atoms with van der Waals surface area (Å²) in [5, 5.41) is 4.46. The molecule has 0 bridgehead atoms. The number of rotatable bonds is 4. The Bertz CT molecular complexity index is 1040. The first-order valence-electron chi connectivity index (χ1n) is 10.0. The number of aryl methyl sites for hydroxylation is 3. The minimum Gasteiger partial charge on any atom is -0.382 e. The first-order chi connectivity index (χ1) is 14.0. The van der Waals surface area contributed by atoms with Gasteiger partial charge in [0.2, 0.25) is 0 Å². The van der Waals surface area contributed by atoms with Gasteiger partial charge in [-0.1, -0.05) is 6.92 Å². The highest BCUT2D eigenvalue weighted by Crippen LogP contribution is 2.33. The molecule has 0 saturated carbocycles. The van der Waals surface area contributed by atoms with Gasteiger partial charge in [-0.25, -0.2) is 14.4 Å². The minimum absolute atomic E-state index is 0.0863. The summed E-state index contributed by atoms with van der Waals surface area (Å²) in [4.78, 5) is 26.0. The third-order valence-electron chi connectivity index (χ3n) is 5.53. The van der Waals surface area contributed by atoms with Crippen LogP contribution in [0, 0.1) is 19.7 Å². The number of hydrogen-bond acceptors (Lipinski definition) is 5. The van der Waals surface area contributed by atoms with E-state index < -0.39 is 0 Å². The molecule has 1 aromatic carbocycles. The zero-order valence-electron chi connectivity index (χ0n) is 17.0. The molecule has 1 saturated heterocycles.